The van der Waals surface area contributed by atoms with Crippen LogP contribution >= 0.6 is 11.6 Å². The molecule has 11 heteroatoms. The second kappa shape index (κ2) is 20.7. The van der Waals surface area contributed by atoms with Gasteiger partial charge in [0.2, 0.25) is 30.4 Å². The number of halogens is 1. The van der Waals surface area contributed by atoms with E-state index >= 15 is 0 Å². The summed E-state index contributed by atoms with van der Waals surface area (Å²) in [6.45, 7) is 0. The molecule has 0 bridgehead atoms. The molecule has 0 aliphatic heterocycles. The zero-order valence-electron chi connectivity index (χ0n) is 14.0. The van der Waals surface area contributed by atoms with Gasteiger partial charge in [0.05, 0.1) is 0 Å². The highest BCUT2D eigenvalue weighted by molar-refractivity contribution is 6.30. The molecule has 0 atom stereocenters. The zero-order chi connectivity index (χ0) is 22.4. The molecular formula is C17H12ClN5O5. The normalized spacial score (nSPS) is 6.75. The molecule has 2 aromatic carbocycles. The Morgan fingerprint density at radius 3 is 1.25 bits per heavy atom. The standard InChI is InChI=1S/C12H7Cl.5CHNO/c13-11-7-3-6-10-8-4-1-2-5-9(8)12(10)11;5*2-1-3/h1-7H;5*2H. The van der Waals surface area contributed by atoms with Crippen LogP contribution in [0, 0.1) is 47.9 Å². The Kier molecular flexibility index (Phi) is 21.0. The van der Waals surface area contributed by atoms with Gasteiger partial charge < -0.3 is 0 Å². The van der Waals surface area contributed by atoms with Gasteiger partial charge in [0.1, 0.15) is 0 Å². The van der Waals surface area contributed by atoms with Gasteiger partial charge in [-0.2, -0.15) is 0 Å². The van der Waals surface area contributed by atoms with Crippen molar-refractivity contribution in [1.82, 2.24) is 0 Å². The summed E-state index contributed by atoms with van der Waals surface area (Å²) < 4.78 is 0. The summed E-state index contributed by atoms with van der Waals surface area (Å²) in [4.78, 5) is 41.7. The lowest BCUT2D eigenvalue weighted by molar-refractivity contribution is 0.562. The third-order valence-corrected chi connectivity index (χ3v) is 2.82. The maximum atomic E-state index is 8.35. The molecule has 0 heterocycles. The quantitative estimate of drug-likeness (QED) is 0.283. The predicted octanol–water partition coefficient (Wildman–Crippen LogP) is 2.73. The molecule has 1 aliphatic rings. The molecular weight excluding hydrogens is 390 g/mol. The summed E-state index contributed by atoms with van der Waals surface area (Å²) in [5, 5.41) is 33.0. The summed E-state index contributed by atoms with van der Waals surface area (Å²) in [6, 6.07) is 14.4. The molecule has 2 aromatic rings. The maximum absolute atomic E-state index is 8.35. The van der Waals surface area contributed by atoms with Gasteiger partial charge in [-0.25, -0.2) is 51.0 Å². The number of carbonyl (C=O) groups excluding carboxylic acids is 5. The molecule has 0 amide bonds. The summed E-state index contributed by atoms with van der Waals surface area (Å²) in [6.07, 6.45) is 3.75. The molecule has 28 heavy (non-hydrogen) atoms. The van der Waals surface area contributed by atoms with Crippen LogP contribution in [0.1, 0.15) is 0 Å². The van der Waals surface area contributed by atoms with E-state index in [9.17, 15) is 0 Å². The molecule has 0 unspecified atom stereocenters. The number of isocyanates is 5. The van der Waals surface area contributed by atoms with E-state index in [-0.39, 0.29) is 0 Å². The zero-order valence-corrected chi connectivity index (χ0v) is 14.7. The first-order chi connectivity index (χ1) is 13.4. The van der Waals surface area contributed by atoms with Crippen molar-refractivity contribution >= 4 is 42.0 Å². The van der Waals surface area contributed by atoms with Crippen LogP contribution in [0.25, 0.3) is 0 Å². The molecule has 0 aromatic heterocycles. The van der Waals surface area contributed by atoms with Crippen molar-refractivity contribution in [3.63, 3.8) is 0 Å². The van der Waals surface area contributed by atoms with E-state index < -0.39 is 0 Å². The van der Waals surface area contributed by atoms with E-state index in [1.54, 1.807) is 0 Å². The van der Waals surface area contributed by atoms with Crippen molar-refractivity contribution < 1.29 is 24.0 Å². The Bertz CT molecular complexity index is 1030. The first kappa shape index (κ1) is 28.4. The SMILES string of the molecule is Clc1cccc2c1=c1ccccc1=2.N=C=O.N=C=O.N=C=O.N=C=O.N=C=O. The van der Waals surface area contributed by atoms with E-state index in [2.05, 4.69) is 24.3 Å². The van der Waals surface area contributed by atoms with Gasteiger partial charge in [-0.3, -0.25) is 0 Å². The predicted molar refractivity (Wildman–Crippen MR) is 95.3 cm³/mol. The molecule has 0 saturated carbocycles. The van der Waals surface area contributed by atoms with Gasteiger partial charge in [0, 0.05) is 10.2 Å². The summed E-state index contributed by atoms with van der Waals surface area (Å²) in [7, 11) is 0. The van der Waals surface area contributed by atoms with Gasteiger partial charge in [0.15, 0.2) is 0 Å². The third kappa shape index (κ3) is 11.2. The van der Waals surface area contributed by atoms with E-state index in [4.69, 9.17) is 62.6 Å². The Balaban J connectivity index is -0.000000350. The highest BCUT2D eigenvalue weighted by atomic mass is 35.5. The fourth-order valence-corrected chi connectivity index (χ4v) is 2.17. The third-order valence-electron chi connectivity index (χ3n) is 2.50. The first-order valence-corrected chi connectivity index (χ1v) is 6.91. The molecule has 1 aliphatic carbocycles. The molecule has 3 rings (SSSR count). The Hall–Kier alpha value is -4.37. The van der Waals surface area contributed by atoms with Crippen molar-refractivity contribution in [2.45, 2.75) is 0 Å². The number of nitrogens with one attached hydrogen (secondary N) is 5. The van der Waals surface area contributed by atoms with Crippen molar-refractivity contribution in [1.29, 1.82) is 27.0 Å². The van der Waals surface area contributed by atoms with Crippen LogP contribution < -0.4 is 0 Å². The minimum Gasteiger partial charge on any atom is -0.222 e. The van der Waals surface area contributed by atoms with E-state index in [1.165, 1.54) is 20.9 Å². The number of hydrogen-bond acceptors (Lipinski definition) is 10. The number of benzene rings is 2. The average Bonchev–Trinajstić information content (AvgIpc) is 2.63. The van der Waals surface area contributed by atoms with Crippen molar-refractivity contribution in [2.24, 2.45) is 0 Å². The summed E-state index contributed by atoms with van der Waals surface area (Å²) in [5.41, 5.74) is 0. The molecule has 0 fully saturated rings. The Labute approximate surface area is 161 Å². The fraction of sp³-hybridized carbons (Fsp3) is 0. The fourth-order valence-electron chi connectivity index (χ4n) is 1.90. The van der Waals surface area contributed by atoms with E-state index in [0.717, 1.165) is 35.4 Å². The van der Waals surface area contributed by atoms with E-state index in [0.29, 0.717) is 0 Å². The lowest BCUT2D eigenvalue weighted by Gasteiger charge is -2.04. The van der Waals surface area contributed by atoms with Crippen LogP contribution in [0.3, 0.4) is 0 Å². The van der Waals surface area contributed by atoms with Crippen LogP contribution in [0.2, 0.25) is 5.02 Å². The van der Waals surface area contributed by atoms with Crippen LogP contribution in [-0.2, 0) is 24.0 Å². The van der Waals surface area contributed by atoms with Crippen LogP contribution in [0.4, 0.5) is 0 Å². The van der Waals surface area contributed by atoms with Crippen molar-refractivity contribution in [2.75, 3.05) is 0 Å². The minimum atomic E-state index is 0.750. The molecule has 10 nitrogen and oxygen atoms in total. The van der Waals surface area contributed by atoms with Gasteiger partial charge in [-0.1, -0.05) is 48.0 Å². The monoisotopic (exact) mass is 401 g/mol. The van der Waals surface area contributed by atoms with E-state index in [1.807, 2.05) is 18.2 Å². The topological polar surface area (TPSA) is 205 Å². The molecule has 0 radical (unpaired) electrons. The van der Waals surface area contributed by atoms with Gasteiger partial charge in [0.25, 0.3) is 0 Å². The smallest absolute Gasteiger partial charge is 0.222 e. The number of rotatable bonds is 0. The average molecular weight is 402 g/mol. The second-order valence-corrected chi connectivity index (χ2v) is 4.13. The van der Waals surface area contributed by atoms with Crippen LogP contribution in [-0.4, -0.2) is 30.4 Å². The maximum Gasteiger partial charge on any atom is 0.231 e. The highest BCUT2D eigenvalue weighted by Crippen LogP contribution is 2.19. The Morgan fingerprint density at radius 2 is 0.857 bits per heavy atom. The van der Waals surface area contributed by atoms with Gasteiger partial charge in [-0.15, -0.1) is 0 Å². The van der Waals surface area contributed by atoms with Gasteiger partial charge >= 0.3 is 0 Å². The first-order valence-electron chi connectivity index (χ1n) is 6.53. The van der Waals surface area contributed by atoms with Crippen molar-refractivity contribution in [3.05, 3.63) is 68.4 Å². The highest BCUT2D eigenvalue weighted by Gasteiger charge is 2.03. The largest absolute Gasteiger partial charge is 0.231 e. The summed E-state index contributed by atoms with van der Waals surface area (Å²) >= 11 is 6.09. The van der Waals surface area contributed by atoms with Gasteiger partial charge in [-0.05, 0) is 21.7 Å². The molecule has 5 N–H and O–H groups in total. The number of fused-ring (bicyclic) bond motifs is 2. The molecule has 142 valence electrons. The van der Waals surface area contributed by atoms with Crippen LogP contribution in [0.5, 0.6) is 0 Å². The molecule has 0 saturated heterocycles. The van der Waals surface area contributed by atoms with Crippen molar-refractivity contribution in [3.8, 4) is 0 Å². The van der Waals surface area contributed by atoms with Crippen LogP contribution in [0.15, 0.2) is 42.5 Å². The minimum absolute atomic E-state index is 0.750. The summed E-state index contributed by atoms with van der Waals surface area (Å²) in [5.74, 6) is 0. The lowest BCUT2D eigenvalue weighted by Crippen LogP contribution is -1.90. The lowest BCUT2D eigenvalue weighted by atomic mass is 10.0. The Morgan fingerprint density at radius 1 is 0.536 bits per heavy atom. The second-order valence-electron chi connectivity index (χ2n) is 3.72. The number of hydrogen-bond donors (Lipinski definition) is 5. The molecule has 0 spiro atoms.